The van der Waals surface area contributed by atoms with E-state index in [2.05, 4.69) is 22.5 Å². The summed E-state index contributed by atoms with van der Waals surface area (Å²) >= 11 is 0. The lowest BCUT2D eigenvalue weighted by Gasteiger charge is -2.33. The molecule has 1 aromatic rings. The number of amides is 2. The standard InChI is InChI=1S/C21H33N3O4/c1-4-28-13-5-10-22-21(26)18-14-17(23-20(25)15-27-3)6-7-19(18)24-11-8-16(2)9-12-24/h6-7,14,16H,4-5,8-13,15H2,1-3H3,(H,22,26)(H,23,25). The van der Waals surface area contributed by atoms with Crippen LogP contribution in [0.15, 0.2) is 18.2 Å². The largest absolute Gasteiger partial charge is 0.382 e. The maximum absolute atomic E-state index is 12.9. The first-order valence-electron chi connectivity index (χ1n) is 10.1. The van der Waals surface area contributed by atoms with Crippen LogP contribution in [0, 0.1) is 5.92 Å². The summed E-state index contributed by atoms with van der Waals surface area (Å²) in [6.45, 7) is 7.91. The van der Waals surface area contributed by atoms with Gasteiger partial charge in [0.15, 0.2) is 0 Å². The van der Waals surface area contributed by atoms with Crippen molar-refractivity contribution >= 4 is 23.2 Å². The van der Waals surface area contributed by atoms with E-state index >= 15 is 0 Å². The first-order valence-corrected chi connectivity index (χ1v) is 10.1. The van der Waals surface area contributed by atoms with Crippen LogP contribution < -0.4 is 15.5 Å². The third kappa shape index (κ3) is 6.80. The molecule has 0 radical (unpaired) electrons. The highest BCUT2D eigenvalue weighted by Gasteiger charge is 2.21. The predicted molar refractivity (Wildman–Crippen MR) is 111 cm³/mol. The number of rotatable bonds is 10. The van der Waals surface area contributed by atoms with Crippen LogP contribution in [0.3, 0.4) is 0 Å². The maximum Gasteiger partial charge on any atom is 0.253 e. The van der Waals surface area contributed by atoms with E-state index < -0.39 is 0 Å². The minimum Gasteiger partial charge on any atom is -0.382 e. The van der Waals surface area contributed by atoms with Gasteiger partial charge in [-0.3, -0.25) is 9.59 Å². The topological polar surface area (TPSA) is 79.9 Å². The van der Waals surface area contributed by atoms with Crippen LogP contribution in [-0.2, 0) is 14.3 Å². The number of nitrogens with zero attached hydrogens (tertiary/aromatic N) is 1. The SMILES string of the molecule is CCOCCCNC(=O)c1cc(NC(=O)COC)ccc1N1CCC(C)CC1. The summed E-state index contributed by atoms with van der Waals surface area (Å²) in [5.74, 6) is 0.331. The fourth-order valence-electron chi connectivity index (χ4n) is 3.26. The maximum atomic E-state index is 12.9. The molecule has 1 aromatic carbocycles. The highest BCUT2D eigenvalue weighted by atomic mass is 16.5. The Morgan fingerprint density at radius 2 is 2.00 bits per heavy atom. The van der Waals surface area contributed by atoms with Crippen molar-refractivity contribution in [1.82, 2.24) is 5.32 Å². The number of hydrogen-bond donors (Lipinski definition) is 2. The summed E-state index contributed by atoms with van der Waals surface area (Å²) in [5.41, 5.74) is 2.09. The molecule has 1 heterocycles. The monoisotopic (exact) mass is 391 g/mol. The number of piperidine rings is 1. The lowest BCUT2D eigenvalue weighted by atomic mass is 9.97. The zero-order chi connectivity index (χ0) is 20.4. The van der Waals surface area contributed by atoms with E-state index in [1.54, 1.807) is 6.07 Å². The summed E-state index contributed by atoms with van der Waals surface area (Å²) in [5, 5.41) is 5.75. The second kappa shape index (κ2) is 11.7. The summed E-state index contributed by atoms with van der Waals surface area (Å²) < 4.78 is 10.2. The second-order valence-corrected chi connectivity index (χ2v) is 7.19. The summed E-state index contributed by atoms with van der Waals surface area (Å²) in [6, 6.07) is 5.51. The van der Waals surface area contributed by atoms with Crippen molar-refractivity contribution in [3.8, 4) is 0 Å². The van der Waals surface area contributed by atoms with Crippen LogP contribution in [-0.4, -0.2) is 58.4 Å². The van der Waals surface area contributed by atoms with Gasteiger partial charge in [-0.25, -0.2) is 0 Å². The Labute approximate surface area is 167 Å². The molecular formula is C21H33N3O4. The molecule has 0 spiro atoms. The van der Waals surface area contributed by atoms with E-state index in [-0.39, 0.29) is 18.4 Å². The molecular weight excluding hydrogens is 358 g/mol. The van der Waals surface area contributed by atoms with Gasteiger partial charge in [-0.15, -0.1) is 0 Å². The van der Waals surface area contributed by atoms with Gasteiger partial charge in [-0.05, 0) is 50.3 Å². The summed E-state index contributed by atoms with van der Waals surface area (Å²) in [7, 11) is 1.47. The lowest BCUT2D eigenvalue weighted by Crippen LogP contribution is -2.35. The van der Waals surface area contributed by atoms with E-state index in [9.17, 15) is 9.59 Å². The van der Waals surface area contributed by atoms with Crippen LogP contribution in [0.5, 0.6) is 0 Å². The molecule has 0 aliphatic carbocycles. The molecule has 2 rings (SSSR count). The Morgan fingerprint density at radius 3 is 2.68 bits per heavy atom. The number of anilines is 2. The second-order valence-electron chi connectivity index (χ2n) is 7.19. The van der Waals surface area contributed by atoms with E-state index in [0.717, 1.165) is 38.0 Å². The Balaban J connectivity index is 2.13. The Bertz CT molecular complexity index is 643. The van der Waals surface area contributed by atoms with E-state index in [1.165, 1.54) is 7.11 Å². The molecule has 0 aromatic heterocycles. The van der Waals surface area contributed by atoms with Crippen molar-refractivity contribution < 1.29 is 19.1 Å². The third-order valence-electron chi connectivity index (χ3n) is 4.88. The fourth-order valence-corrected chi connectivity index (χ4v) is 3.26. The highest BCUT2D eigenvalue weighted by molar-refractivity contribution is 6.02. The summed E-state index contributed by atoms with van der Waals surface area (Å²) in [4.78, 5) is 26.9. The summed E-state index contributed by atoms with van der Waals surface area (Å²) in [6.07, 6.45) is 2.99. The normalized spacial score (nSPS) is 14.8. The molecule has 2 amide bonds. The molecule has 1 aliphatic rings. The number of carbonyl (C=O) groups excluding carboxylic acids is 2. The predicted octanol–water partition coefficient (Wildman–Crippen LogP) is 2.66. The molecule has 0 saturated carbocycles. The Kier molecular flexibility index (Phi) is 9.23. The molecule has 1 aliphatic heterocycles. The molecule has 0 unspecified atom stereocenters. The van der Waals surface area contributed by atoms with Gasteiger partial charge in [0.1, 0.15) is 6.61 Å². The number of benzene rings is 1. The molecule has 7 heteroatoms. The highest BCUT2D eigenvalue weighted by Crippen LogP contribution is 2.28. The molecule has 2 N–H and O–H groups in total. The van der Waals surface area contributed by atoms with Crippen LogP contribution in [0.4, 0.5) is 11.4 Å². The zero-order valence-corrected chi connectivity index (χ0v) is 17.3. The minimum absolute atomic E-state index is 0.0231. The average Bonchev–Trinajstić information content (AvgIpc) is 2.68. The molecule has 0 atom stereocenters. The van der Waals surface area contributed by atoms with Crippen molar-refractivity contribution in [2.45, 2.75) is 33.1 Å². The number of carbonyl (C=O) groups is 2. The van der Waals surface area contributed by atoms with Crippen LogP contribution in [0.2, 0.25) is 0 Å². The quantitative estimate of drug-likeness (QED) is 0.600. The van der Waals surface area contributed by atoms with Crippen molar-refractivity contribution in [3.05, 3.63) is 23.8 Å². The van der Waals surface area contributed by atoms with Gasteiger partial charge in [-0.1, -0.05) is 6.92 Å². The zero-order valence-electron chi connectivity index (χ0n) is 17.3. The van der Waals surface area contributed by atoms with Crippen molar-refractivity contribution in [2.24, 2.45) is 5.92 Å². The van der Waals surface area contributed by atoms with Crippen LogP contribution in [0.1, 0.15) is 43.5 Å². The smallest absolute Gasteiger partial charge is 0.253 e. The molecule has 1 fully saturated rings. The first kappa shape index (κ1) is 22.2. The van der Waals surface area contributed by atoms with E-state index in [1.807, 2.05) is 19.1 Å². The van der Waals surface area contributed by atoms with Gasteiger partial charge in [-0.2, -0.15) is 0 Å². The Morgan fingerprint density at radius 1 is 1.25 bits per heavy atom. The van der Waals surface area contributed by atoms with Gasteiger partial charge in [0, 0.05) is 51.3 Å². The molecule has 1 saturated heterocycles. The molecule has 0 bridgehead atoms. The van der Waals surface area contributed by atoms with E-state index in [4.69, 9.17) is 9.47 Å². The number of nitrogens with one attached hydrogen (secondary N) is 2. The number of hydrogen-bond acceptors (Lipinski definition) is 5. The Hall–Kier alpha value is -2.12. The first-order chi connectivity index (χ1) is 13.5. The van der Waals surface area contributed by atoms with Gasteiger partial charge in [0.2, 0.25) is 5.91 Å². The third-order valence-corrected chi connectivity index (χ3v) is 4.88. The van der Waals surface area contributed by atoms with Crippen molar-refractivity contribution in [2.75, 3.05) is 56.8 Å². The van der Waals surface area contributed by atoms with Crippen molar-refractivity contribution in [1.29, 1.82) is 0 Å². The lowest BCUT2D eigenvalue weighted by molar-refractivity contribution is -0.119. The molecule has 7 nitrogen and oxygen atoms in total. The van der Waals surface area contributed by atoms with Crippen LogP contribution in [0.25, 0.3) is 0 Å². The molecule has 156 valence electrons. The van der Waals surface area contributed by atoms with Crippen molar-refractivity contribution in [3.63, 3.8) is 0 Å². The average molecular weight is 392 g/mol. The van der Waals surface area contributed by atoms with Gasteiger partial charge < -0.3 is 25.0 Å². The number of ether oxygens (including phenoxy) is 2. The van der Waals surface area contributed by atoms with E-state index in [0.29, 0.717) is 36.9 Å². The van der Waals surface area contributed by atoms with Crippen LogP contribution >= 0.6 is 0 Å². The number of methoxy groups -OCH3 is 1. The fraction of sp³-hybridized carbons (Fsp3) is 0.619. The van der Waals surface area contributed by atoms with Gasteiger partial charge in [0.05, 0.1) is 5.56 Å². The van der Waals surface area contributed by atoms with Gasteiger partial charge >= 0.3 is 0 Å². The molecule has 28 heavy (non-hydrogen) atoms. The minimum atomic E-state index is -0.245. The van der Waals surface area contributed by atoms with Gasteiger partial charge in [0.25, 0.3) is 5.91 Å².